The number of alkyl carbamates (subject to hydrolysis) is 1. The molecule has 0 radical (unpaired) electrons. The van der Waals surface area contributed by atoms with Gasteiger partial charge in [-0.05, 0) is 39.8 Å². The van der Waals surface area contributed by atoms with Crippen LogP contribution >= 0.6 is 0 Å². The molecular weight excluding hydrogens is 296 g/mol. The summed E-state index contributed by atoms with van der Waals surface area (Å²) < 4.78 is 10.4. The molecule has 0 fully saturated rings. The van der Waals surface area contributed by atoms with E-state index in [1.807, 2.05) is 45.0 Å². The number of anilines is 1. The number of benzene rings is 1. The third-order valence-electron chi connectivity index (χ3n) is 2.79. The highest BCUT2D eigenvalue weighted by Gasteiger charge is 2.15. The number of ether oxygens (including phenoxy) is 1. The van der Waals surface area contributed by atoms with Crippen molar-refractivity contribution in [3.05, 3.63) is 30.1 Å². The van der Waals surface area contributed by atoms with E-state index in [1.54, 1.807) is 6.92 Å². The number of hydrogen-bond acceptors (Lipinski definition) is 6. The molecule has 1 heterocycles. The fraction of sp³-hybridized carbons (Fsp3) is 0.438. The summed E-state index contributed by atoms with van der Waals surface area (Å²) in [5, 5.41) is 9.74. The topological polar surface area (TPSA) is 89.3 Å². The molecule has 0 bridgehead atoms. The van der Waals surface area contributed by atoms with Crippen LogP contribution in [0.1, 0.15) is 26.6 Å². The van der Waals surface area contributed by atoms with Gasteiger partial charge in [0.25, 0.3) is 5.89 Å². The lowest BCUT2D eigenvalue weighted by molar-refractivity contribution is 0.0530. The number of hydrogen-bond donors (Lipinski definition) is 2. The fourth-order valence-corrected chi connectivity index (χ4v) is 1.91. The Hall–Kier alpha value is -2.57. The summed E-state index contributed by atoms with van der Waals surface area (Å²) in [4.78, 5) is 15.8. The van der Waals surface area contributed by atoms with Gasteiger partial charge in [0, 0.05) is 18.8 Å². The van der Waals surface area contributed by atoms with Gasteiger partial charge in [0.15, 0.2) is 5.82 Å². The molecule has 1 aromatic heterocycles. The van der Waals surface area contributed by atoms with Crippen molar-refractivity contribution in [3.63, 3.8) is 0 Å². The van der Waals surface area contributed by atoms with Gasteiger partial charge in [-0.1, -0.05) is 17.3 Å². The number of rotatable bonds is 5. The molecule has 0 aliphatic carbocycles. The molecule has 7 heteroatoms. The zero-order valence-corrected chi connectivity index (χ0v) is 13.8. The fourth-order valence-electron chi connectivity index (χ4n) is 1.91. The molecule has 124 valence electrons. The van der Waals surface area contributed by atoms with Crippen LogP contribution < -0.4 is 10.6 Å². The third kappa shape index (κ3) is 5.28. The second-order valence-corrected chi connectivity index (χ2v) is 6.05. The quantitative estimate of drug-likeness (QED) is 0.824. The first-order chi connectivity index (χ1) is 10.8. The van der Waals surface area contributed by atoms with E-state index < -0.39 is 11.7 Å². The number of aryl methyl sites for hydroxylation is 1. The lowest BCUT2D eigenvalue weighted by Gasteiger charge is -2.19. The summed E-state index contributed by atoms with van der Waals surface area (Å²) in [7, 11) is 0. The van der Waals surface area contributed by atoms with Gasteiger partial charge in [0.2, 0.25) is 0 Å². The number of aromatic nitrogens is 2. The number of nitrogens with one attached hydrogen (secondary N) is 2. The lowest BCUT2D eigenvalue weighted by atomic mass is 10.1. The zero-order valence-electron chi connectivity index (χ0n) is 13.8. The van der Waals surface area contributed by atoms with Crippen LogP contribution in [0.4, 0.5) is 10.5 Å². The van der Waals surface area contributed by atoms with Gasteiger partial charge < -0.3 is 19.9 Å². The van der Waals surface area contributed by atoms with Crippen LogP contribution in [0, 0.1) is 6.92 Å². The zero-order chi connectivity index (χ0) is 16.9. The Morgan fingerprint density at radius 3 is 2.65 bits per heavy atom. The summed E-state index contributed by atoms with van der Waals surface area (Å²) in [6.45, 7) is 8.23. The van der Waals surface area contributed by atoms with E-state index in [9.17, 15) is 4.79 Å². The van der Waals surface area contributed by atoms with Gasteiger partial charge in [0.1, 0.15) is 5.60 Å². The summed E-state index contributed by atoms with van der Waals surface area (Å²) in [6, 6.07) is 7.63. The maximum absolute atomic E-state index is 11.6. The normalized spacial score (nSPS) is 11.1. The molecule has 0 aliphatic rings. The molecule has 2 N–H and O–H groups in total. The Morgan fingerprint density at radius 1 is 1.26 bits per heavy atom. The minimum Gasteiger partial charge on any atom is -0.444 e. The number of para-hydroxylation sites is 1. The van der Waals surface area contributed by atoms with Gasteiger partial charge in [0.05, 0.1) is 5.56 Å². The first kappa shape index (κ1) is 16.8. The Bertz CT molecular complexity index is 661. The van der Waals surface area contributed by atoms with E-state index in [4.69, 9.17) is 9.26 Å². The molecule has 23 heavy (non-hydrogen) atoms. The molecule has 0 spiro atoms. The summed E-state index contributed by atoms with van der Waals surface area (Å²) in [6.07, 6.45) is -0.430. The molecule has 0 atom stereocenters. The second kappa shape index (κ2) is 7.13. The predicted octanol–water partition coefficient (Wildman–Crippen LogP) is 2.98. The van der Waals surface area contributed by atoms with E-state index in [1.165, 1.54) is 0 Å². The SMILES string of the molecule is Cc1noc(-c2ccccc2NCCNC(=O)OC(C)(C)C)n1. The minimum atomic E-state index is -0.500. The van der Waals surface area contributed by atoms with E-state index in [0.717, 1.165) is 11.3 Å². The van der Waals surface area contributed by atoms with Crippen LogP contribution in [-0.4, -0.2) is 34.9 Å². The summed E-state index contributed by atoms with van der Waals surface area (Å²) in [5.41, 5.74) is 1.19. The summed E-state index contributed by atoms with van der Waals surface area (Å²) >= 11 is 0. The Kier molecular flexibility index (Phi) is 5.20. The smallest absolute Gasteiger partial charge is 0.407 e. The van der Waals surface area contributed by atoms with Crippen LogP contribution in [0.3, 0.4) is 0 Å². The van der Waals surface area contributed by atoms with E-state index >= 15 is 0 Å². The average molecular weight is 318 g/mol. The van der Waals surface area contributed by atoms with Crippen LogP contribution in [0.15, 0.2) is 28.8 Å². The van der Waals surface area contributed by atoms with Crippen LogP contribution in [0.25, 0.3) is 11.5 Å². The first-order valence-corrected chi connectivity index (χ1v) is 7.45. The number of carbonyl (C=O) groups excluding carboxylic acids is 1. The Balaban J connectivity index is 1.88. The van der Waals surface area contributed by atoms with E-state index in [-0.39, 0.29) is 0 Å². The van der Waals surface area contributed by atoms with Crippen molar-refractivity contribution in [2.24, 2.45) is 0 Å². The highest BCUT2D eigenvalue weighted by atomic mass is 16.6. The first-order valence-electron chi connectivity index (χ1n) is 7.45. The molecule has 1 amide bonds. The highest BCUT2D eigenvalue weighted by molar-refractivity contribution is 5.72. The van der Waals surface area contributed by atoms with Gasteiger partial charge in [-0.2, -0.15) is 4.98 Å². The molecule has 0 saturated carbocycles. The van der Waals surface area contributed by atoms with Crippen molar-refractivity contribution in [2.75, 3.05) is 18.4 Å². The van der Waals surface area contributed by atoms with Crippen molar-refractivity contribution in [3.8, 4) is 11.5 Å². The molecule has 0 saturated heterocycles. The van der Waals surface area contributed by atoms with E-state index in [2.05, 4.69) is 20.8 Å². The monoisotopic (exact) mass is 318 g/mol. The molecule has 2 rings (SSSR count). The minimum absolute atomic E-state index is 0.430. The number of amides is 1. The molecule has 2 aromatic rings. The van der Waals surface area contributed by atoms with Gasteiger partial charge >= 0.3 is 6.09 Å². The van der Waals surface area contributed by atoms with Gasteiger partial charge in [-0.25, -0.2) is 4.79 Å². The van der Waals surface area contributed by atoms with Crippen molar-refractivity contribution in [2.45, 2.75) is 33.3 Å². The molecule has 0 unspecified atom stereocenters. The van der Waals surface area contributed by atoms with Gasteiger partial charge in [-0.15, -0.1) is 0 Å². The van der Waals surface area contributed by atoms with Crippen molar-refractivity contribution < 1.29 is 14.1 Å². The Morgan fingerprint density at radius 2 is 2.00 bits per heavy atom. The summed E-state index contributed by atoms with van der Waals surface area (Å²) in [5.74, 6) is 1.05. The highest BCUT2D eigenvalue weighted by Crippen LogP contribution is 2.25. The largest absolute Gasteiger partial charge is 0.444 e. The molecular formula is C16H22N4O3. The van der Waals surface area contributed by atoms with Crippen LogP contribution in [0.2, 0.25) is 0 Å². The molecule has 1 aromatic carbocycles. The van der Waals surface area contributed by atoms with E-state index in [0.29, 0.717) is 24.8 Å². The van der Waals surface area contributed by atoms with Crippen LogP contribution in [0.5, 0.6) is 0 Å². The third-order valence-corrected chi connectivity index (χ3v) is 2.79. The lowest BCUT2D eigenvalue weighted by Crippen LogP contribution is -2.35. The maximum Gasteiger partial charge on any atom is 0.407 e. The average Bonchev–Trinajstić information content (AvgIpc) is 2.88. The van der Waals surface area contributed by atoms with Crippen molar-refractivity contribution in [1.29, 1.82) is 0 Å². The number of nitrogens with zero attached hydrogens (tertiary/aromatic N) is 2. The number of carbonyl (C=O) groups is 1. The maximum atomic E-state index is 11.6. The Labute approximate surface area is 135 Å². The van der Waals surface area contributed by atoms with Crippen LogP contribution in [-0.2, 0) is 4.74 Å². The standard InChI is InChI=1S/C16H22N4O3/c1-11-19-14(23-20-11)12-7-5-6-8-13(12)17-9-10-18-15(21)22-16(2,3)4/h5-8,17H,9-10H2,1-4H3,(H,18,21). The molecule has 0 aliphatic heterocycles. The molecule has 7 nitrogen and oxygen atoms in total. The predicted molar refractivity (Wildman–Crippen MR) is 87.2 cm³/mol. The second-order valence-electron chi connectivity index (χ2n) is 6.05. The van der Waals surface area contributed by atoms with Gasteiger partial charge in [-0.3, -0.25) is 0 Å². The van der Waals surface area contributed by atoms with Crippen molar-refractivity contribution >= 4 is 11.8 Å². The van der Waals surface area contributed by atoms with Crippen molar-refractivity contribution in [1.82, 2.24) is 15.5 Å².